The summed E-state index contributed by atoms with van der Waals surface area (Å²) >= 11 is 0. The minimum atomic E-state index is 0.537. The lowest BCUT2D eigenvalue weighted by molar-refractivity contribution is 0.878. The van der Waals surface area contributed by atoms with Crippen LogP contribution in [0, 0.1) is 11.3 Å². The molecule has 0 spiro atoms. The van der Waals surface area contributed by atoms with E-state index in [1.807, 2.05) is 30.5 Å². The highest BCUT2D eigenvalue weighted by atomic mass is 15.4. The van der Waals surface area contributed by atoms with Crippen LogP contribution in [0.1, 0.15) is 17.5 Å². The van der Waals surface area contributed by atoms with E-state index in [0.29, 0.717) is 28.2 Å². The summed E-state index contributed by atoms with van der Waals surface area (Å²) in [6.45, 7) is 0.936. The van der Waals surface area contributed by atoms with Gasteiger partial charge in [0.2, 0.25) is 5.82 Å². The molecule has 130 valence electrons. The zero-order chi connectivity index (χ0) is 18.4. The molecule has 0 fully saturated rings. The Morgan fingerprint density at radius 3 is 2.96 bits per heavy atom. The van der Waals surface area contributed by atoms with Gasteiger partial charge in [-0.15, -0.1) is 10.2 Å². The molecule has 1 aliphatic rings. The molecule has 0 saturated carbocycles. The van der Waals surface area contributed by atoms with Gasteiger partial charge in [0.1, 0.15) is 11.8 Å². The number of benzene rings is 1. The highest BCUT2D eigenvalue weighted by molar-refractivity contribution is 5.86. The van der Waals surface area contributed by atoms with Crippen molar-refractivity contribution in [2.75, 3.05) is 18.5 Å². The van der Waals surface area contributed by atoms with Crippen LogP contribution in [0.4, 0.5) is 5.69 Å². The van der Waals surface area contributed by atoms with Crippen molar-refractivity contribution in [3.05, 3.63) is 53.7 Å². The Hall–Kier alpha value is -3.79. The number of anilines is 1. The molecule has 27 heavy (non-hydrogen) atoms. The summed E-state index contributed by atoms with van der Waals surface area (Å²) in [5, 5.41) is 23.6. The molecule has 7 nitrogen and oxygen atoms in total. The van der Waals surface area contributed by atoms with Crippen LogP contribution in [-0.4, -0.2) is 38.4 Å². The second-order valence-corrected chi connectivity index (χ2v) is 6.50. The average molecular weight is 353 g/mol. The summed E-state index contributed by atoms with van der Waals surface area (Å²) in [7, 11) is 2.05. The topological polar surface area (TPSA) is 83.0 Å². The molecular formula is C20H15N7. The molecule has 0 radical (unpaired) electrons. The number of hydrogen-bond acceptors (Lipinski definition) is 6. The summed E-state index contributed by atoms with van der Waals surface area (Å²) < 4.78 is 1.71. The zero-order valence-corrected chi connectivity index (χ0v) is 14.7. The highest BCUT2D eigenvalue weighted by Crippen LogP contribution is 2.28. The third kappa shape index (κ3) is 2.34. The number of pyridine rings is 1. The number of hydrogen-bond donors (Lipinski definition) is 0. The van der Waals surface area contributed by atoms with Gasteiger partial charge in [-0.3, -0.25) is 0 Å². The van der Waals surface area contributed by atoms with Crippen molar-refractivity contribution in [2.45, 2.75) is 6.42 Å². The molecule has 5 rings (SSSR count). The fourth-order valence-electron chi connectivity index (χ4n) is 3.43. The molecule has 0 N–H and O–H groups in total. The summed E-state index contributed by atoms with van der Waals surface area (Å²) in [5.74, 6) is 0.558. The van der Waals surface area contributed by atoms with E-state index in [4.69, 9.17) is 0 Å². The summed E-state index contributed by atoms with van der Waals surface area (Å²) in [4.78, 5) is 6.84. The van der Waals surface area contributed by atoms with E-state index in [9.17, 15) is 5.26 Å². The van der Waals surface area contributed by atoms with E-state index in [1.54, 1.807) is 10.6 Å². The lowest BCUT2D eigenvalue weighted by Crippen LogP contribution is -2.18. The van der Waals surface area contributed by atoms with Gasteiger partial charge >= 0.3 is 0 Å². The smallest absolute Gasteiger partial charge is 0.203 e. The molecule has 0 saturated heterocycles. The van der Waals surface area contributed by atoms with Gasteiger partial charge < -0.3 is 4.90 Å². The summed E-state index contributed by atoms with van der Waals surface area (Å²) in [6, 6.07) is 11.6. The number of nitriles is 1. The molecule has 3 aromatic heterocycles. The van der Waals surface area contributed by atoms with Gasteiger partial charge in [-0.2, -0.15) is 14.9 Å². The summed E-state index contributed by atoms with van der Waals surface area (Å²) in [6.07, 6.45) is 7.04. The van der Waals surface area contributed by atoms with Crippen LogP contribution in [-0.2, 0) is 0 Å². The first-order valence-electron chi connectivity index (χ1n) is 8.68. The van der Waals surface area contributed by atoms with Crippen molar-refractivity contribution in [2.24, 2.45) is 0 Å². The predicted octanol–water partition coefficient (Wildman–Crippen LogP) is 3.06. The predicted molar refractivity (Wildman–Crippen MR) is 103 cm³/mol. The molecule has 0 bridgehead atoms. The van der Waals surface area contributed by atoms with Gasteiger partial charge in [0.05, 0.1) is 23.0 Å². The molecule has 0 aliphatic carbocycles. The fourth-order valence-corrected chi connectivity index (χ4v) is 3.43. The Bertz CT molecular complexity index is 1260. The highest BCUT2D eigenvalue weighted by Gasteiger charge is 2.19. The Morgan fingerprint density at radius 2 is 2.07 bits per heavy atom. The van der Waals surface area contributed by atoms with E-state index >= 15 is 0 Å². The maximum atomic E-state index is 9.36. The van der Waals surface area contributed by atoms with Crippen molar-refractivity contribution in [1.29, 1.82) is 5.26 Å². The largest absolute Gasteiger partial charge is 0.372 e. The van der Waals surface area contributed by atoms with Gasteiger partial charge in [-0.05, 0) is 18.6 Å². The van der Waals surface area contributed by atoms with E-state index in [0.717, 1.165) is 29.6 Å². The standard InChI is InChI=1S/C20H15N7/c1-26-10-3-2-7-15-17(26)12-22-27-19(15)24-25-20(27)16-9-8-13-5-4-6-14(11-21)18(13)23-16/h2,4-9,12H,3,10H2,1H3. The van der Waals surface area contributed by atoms with E-state index in [2.05, 4.69) is 50.4 Å². The first-order chi connectivity index (χ1) is 13.3. The van der Waals surface area contributed by atoms with Crippen LogP contribution in [0.25, 0.3) is 34.1 Å². The zero-order valence-electron chi connectivity index (χ0n) is 14.7. The number of nitrogens with zero attached hydrogens (tertiary/aromatic N) is 7. The normalized spacial score (nSPS) is 13.6. The average Bonchev–Trinajstić information content (AvgIpc) is 3.05. The minimum absolute atomic E-state index is 0.537. The Labute approximate surface area is 155 Å². The van der Waals surface area contributed by atoms with Crippen molar-refractivity contribution in [1.82, 2.24) is 24.8 Å². The van der Waals surface area contributed by atoms with Gasteiger partial charge in [-0.1, -0.05) is 30.4 Å². The third-order valence-electron chi connectivity index (χ3n) is 4.85. The molecule has 0 atom stereocenters. The molecule has 0 amide bonds. The van der Waals surface area contributed by atoms with Gasteiger partial charge in [0, 0.05) is 24.5 Å². The van der Waals surface area contributed by atoms with Crippen molar-refractivity contribution in [3.8, 4) is 17.6 Å². The maximum absolute atomic E-state index is 9.36. The Kier molecular flexibility index (Phi) is 3.37. The number of rotatable bonds is 1. The van der Waals surface area contributed by atoms with E-state index < -0.39 is 0 Å². The second kappa shape index (κ2) is 5.88. The van der Waals surface area contributed by atoms with Crippen molar-refractivity contribution < 1.29 is 0 Å². The van der Waals surface area contributed by atoms with Gasteiger partial charge in [0.25, 0.3) is 0 Å². The quantitative estimate of drug-likeness (QED) is 0.523. The molecular weight excluding hydrogens is 338 g/mol. The molecule has 1 aromatic carbocycles. The lowest BCUT2D eigenvalue weighted by atomic mass is 10.1. The SMILES string of the molecule is CN1CCC=Cc2c1cnn1c(-c3ccc4cccc(C#N)c4n3)nnc21. The van der Waals surface area contributed by atoms with Crippen LogP contribution in [0.5, 0.6) is 0 Å². The van der Waals surface area contributed by atoms with Crippen LogP contribution in [0.2, 0.25) is 0 Å². The van der Waals surface area contributed by atoms with Crippen LogP contribution in [0.15, 0.2) is 42.6 Å². The maximum Gasteiger partial charge on any atom is 0.203 e. The van der Waals surface area contributed by atoms with Crippen LogP contribution in [0.3, 0.4) is 0 Å². The lowest BCUT2D eigenvalue weighted by Gasteiger charge is -2.18. The van der Waals surface area contributed by atoms with E-state index in [-0.39, 0.29) is 0 Å². The Balaban J connectivity index is 1.74. The van der Waals surface area contributed by atoms with Crippen molar-refractivity contribution >= 4 is 28.3 Å². The number of aromatic nitrogens is 5. The molecule has 1 aliphatic heterocycles. The van der Waals surface area contributed by atoms with Gasteiger partial charge in [-0.25, -0.2) is 4.98 Å². The monoisotopic (exact) mass is 353 g/mol. The number of fused-ring (bicyclic) bond motifs is 4. The number of para-hydroxylation sites is 1. The Morgan fingerprint density at radius 1 is 1.15 bits per heavy atom. The third-order valence-corrected chi connectivity index (χ3v) is 4.85. The fraction of sp³-hybridized carbons (Fsp3) is 0.150. The minimum Gasteiger partial charge on any atom is -0.372 e. The molecule has 0 unspecified atom stereocenters. The molecule has 4 aromatic rings. The van der Waals surface area contributed by atoms with E-state index in [1.165, 1.54) is 0 Å². The second-order valence-electron chi connectivity index (χ2n) is 6.50. The first-order valence-corrected chi connectivity index (χ1v) is 8.68. The van der Waals surface area contributed by atoms with Gasteiger partial charge in [0.15, 0.2) is 5.65 Å². The van der Waals surface area contributed by atoms with Crippen molar-refractivity contribution in [3.63, 3.8) is 0 Å². The van der Waals surface area contributed by atoms with Crippen LogP contribution < -0.4 is 4.90 Å². The van der Waals surface area contributed by atoms with Crippen LogP contribution >= 0.6 is 0 Å². The molecule has 7 heteroatoms. The first kappa shape index (κ1) is 15.5. The molecule has 4 heterocycles. The summed E-state index contributed by atoms with van der Waals surface area (Å²) in [5.41, 5.74) is 4.56.